The summed E-state index contributed by atoms with van der Waals surface area (Å²) in [7, 11) is 5.93. The number of anilines is 1. The van der Waals surface area contributed by atoms with Crippen LogP contribution >= 0.6 is 12.6 Å². The van der Waals surface area contributed by atoms with E-state index in [2.05, 4.69) is 44.5 Å². The molecule has 1 aliphatic carbocycles. The molecule has 0 amide bonds. The van der Waals surface area contributed by atoms with E-state index >= 15 is 0 Å². The van der Waals surface area contributed by atoms with Gasteiger partial charge in [-0.15, -0.1) is 0 Å². The van der Waals surface area contributed by atoms with Gasteiger partial charge in [-0.3, -0.25) is 14.6 Å². The van der Waals surface area contributed by atoms with Gasteiger partial charge in [0.1, 0.15) is 11.9 Å². The molecule has 216 valence electrons. The smallest absolute Gasteiger partial charge is 0.280 e. The Morgan fingerprint density at radius 2 is 2.02 bits per heavy atom. The van der Waals surface area contributed by atoms with Gasteiger partial charge in [0.05, 0.1) is 44.2 Å². The predicted molar refractivity (Wildman–Crippen MR) is 159 cm³/mol. The fraction of sp³-hybridized carbons (Fsp3) is 0.593. The molecule has 41 heavy (non-hydrogen) atoms. The normalized spacial score (nSPS) is 27.3. The number of rotatable bonds is 10. The number of ether oxygens (including phenoxy) is 2. The zero-order chi connectivity index (χ0) is 28.7. The lowest BCUT2D eigenvalue weighted by Crippen LogP contribution is -2.21. The number of thiol groups is 1. The highest BCUT2D eigenvalue weighted by atomic mass is 32.1. The molecule has 4 aromatic heterocycles. The Morgan fingerprint density at radius 3 is 2.83 bits per heavy atom. The Hall–Kier alpha value is -3.10. The van der Waals surface area contributed by atoms with Gasteiger partial charge in [0, 0.05) is 12.2 Å². The second-order valence-electron chi connectivity index (χ2n) is 11.3. The van der Waals surface area contributed by atoms with Gasteiger partial charge >= 0.3 is 0 Å². The number of hydrogen-bond donors (Lipinski definition) is 4. The molecule has 0 spiro atoms. The number of aromatic amines is 2. The summed E-state index contributed by atoms with van der Waals surface area (Å²) in [6.07, 6.45) is 10.6. The van der Waals surface area contributed by atoms with Crippen LogP contribution < -0.4 is 16.9 Å². The number of hydrogen-bond acceptors (Lipinski definition) is 9. The van der Waals surface area contributed by atoms with E-state index in [1.54, 1.807) is 12.4 Å². The first-order chi connectivity index (χ1) is 19.9. The van der Waals surface area contributed by atoms with Crippen molar-refractivity contribution in [2.45, 2.75) is 82.4 Å². The molecular weight excluding hydrogens is 543 g/mol. The number of imidazole rings is 1. The van der Waals surface area contributed by atoms with E-state index in [0.717, 1.165) is 38.5 Å². The highest BCUT2D eigenvalue weighted by Gasteiger charge is 2.38. The fourth-order valence-electron chi connectivity index (χ4n) is 6.68. The van der Waals surface area contributed by atoms with Gasteiger partial charge in [0.15, 0.2) is 11.2 Å². The van der Waals surface area contributed by atoms with Crippen molar-refractivity contribution < 1.29 is 9.47 Å². The zero-order valence-electron chi connectivity index (χ0n) is 23.0. The fourth-order valence-corrected chi connectivity index (χ4v) is 7.07. The lowest BCUT2D eigenvalue weighted by atomic mass is 9.88. The first-order valence-electron chi connectivity index (χ1n) is 14.2. The van der Waals surface area contributed by atoms with Crippen molar-refractivity contribution in [2.75, 3.05) is 11.5 Å². The van der Waals surface area contributed by atoms with Crippen LogP contribution in [0.25, 0.3) is 22.2 Å². The summed E-state index contributed by atoms with van der Waals surface area (Å²) >= 11 is 4.61. The number of nitrogens with zero attached hydrogens (tertiary/aromatic N) is 5. The number of aromatic nitrogens is 7. The minimum Gasteiger partial charge on any atom is -0.375 e. The molecule has 7 atom stereocenters. The van der Waals surface area contributed by atoms with Gasteiger partial charge in [0.25, 0.3) is 11.1 Å². The van der Waals surface area contributed by atoms with E-state index in [1.807, 2.05) is 15.3 Å². The van der Waals surface area contributed by atoms with Gasteiger partial charge in [-0.05, 0) is 69.1 Å². The van der Waals surface area contributed by atoms with E-state index in [-0.39, 0.29) is 59.1 Å². The lowest BCUT2D eigenvalue weighted by Gasteiger charge is -2.22. The summed E-state index contributed by atoms with van der Waals surface area (Å²) in [5.74, 6) is 1.34. The molecule has 1 saturated carbocycles. The molecule has 5 unspecified atom stereocenters. The van der Waals surface area contributed by atoms with E-state index in [0.29, 0.717) is 34.7 Å². The predicted octanol–water partition coefficient (Wildman–Crippen LogP) is 2.76. The Bertz CT molecular complexity index is 1630. The standard InChI is InChI=1S/C27H35BN8O4S/c1-14(39-17-8-16(11-41)19(10-17)36-13-32-22-24(36)33-27(29)34-26(22)38)2-3-15-9-21(40-20(15)4-6-28)35-7-5-18-23(35)30-12-31-25(18)37/h5,7,12-17,19-21,41H,2-4,6,8-11H2,1H3,(H,30,31,37)(H3,29,33,34,38)/t14?,15-,16-,17?,19?,20?,21?/m0/s1. The number of nitrogen functional groups attached to an aromatic ring is 1. The van der Waals surface area contributed by atoms with Crippen LogP contribution in [0.4, 0.5) is 5.95 Å². The van der Waals surface area contributed by atoms with E-state index in [1.165, 1.54) is 6.33 Å². The monoisotopic (exact) mass is 578 g/mol. The summed E-state index contributed by atoms with van der Waals surface area (Å²) in [6.45, 7) is 2.12. The maximum absolute atomic E-state index is 12.3. The average Bonchev–Trinajstić information content (AvgIpc) is 3.72. The van der Waals surface area contributed by atoms with Crippen molar-refractivity contribution in [3.05, 3.63) is 45.6 Å². The van der Waals surface area contributed by atoms with Gasteiger partial charge in [-0.25, -0.2) is 9.97 Å². The number of fused-ring (bicyclic) bond motifs is 2. The van der Waals surface area contributed by atoms with Crippen LogP contribution in [0.1, 0.15) is 57.7 Å². The Balaban J connectivity index is 1.09. The Labute approximate surface area is 243 Å². The molecule has 2 fully saturated rings. The molecular formula is C27H35BN8O4S. The lowest BCUT2D eigenvalue weighted by molar-refractivity contribution is -0.0162. The largest absolute Gasteiger partial charge is 0.375 e. The van der Waals surface area contributed by atoms with Gasteiger partial charge in [-0.2, -0.15) is 17.6 Å². The molecule has 2 radical (unpaired) electrons. The number of H-pyrrole nitrogens is 2. The highest BCUT2D eigenvalue weighted by Crippen LogP contribution is 2.42. The van der Waals surface area contributed by atoms with Crippen LogP contribution in [-0.4, -0.2) is 66.0 Å². The van der Waals surface area contributed by atoms with Crippen molar-refractivity contribution >= 4 is 48.6 Å². The second kappa shape index (κ2) is 11.6. The summed E-state index contributed by atoms with van der Waals surface area (Å²) < 4.78 is 16.9. The zero-order valence-corrected chi connectivity index (χ0v) is 23.9. The summed E-state index contributed by atoms with van der Waals surface area (Å²) in [4.78, 5) is 42.6. The molecule has 4 N–H and O–H groups in total. The minimum atomic E-state index is -0.339. The van der Waals surface area contributed by atoms with Crippen LogP contribution in [0.2, 0.25) is 6.32 Å². The van der Waals surface area contributed by atoms with Crippen molar-refractivity contribution in [2.24, 2.45) is 11.8 Å². The molecule has 0 aromatic carbocycles. The van der Waals surface area contributed by atoms with Crippen molar-refractivity contribution in [3.8, 4) is 0 Å². The average molecular weight is 579 g/mol. The van der Waals surface area contributed by atoms with E-state index < -0.39 is 0 Å². The van der Waals surface area contributed by atoms with E-state index in [9.17, 15) is 9.59 Å². The Kier molecular flexibility index (Phi) is 7.97. The molecule has 0 bridgehead atoms. The molecule has 12 nitrogen and oxygen atoms in total. The summed E-state index contributed by atoms with van der Waals surface area (Å²) in [6, 6.07) is 1.85. The van der Waals surface area contributed by atoms with Gasteiger partial charge in [-0.1, -0.05) is 6.32 Å². The second-order valence-corrected chi connectivity index (χ2v) is 11.7. The van der Waals surface area contributed by atoms with Gasteiger partial charge in [0.2, 0.25) is 5.95 Å². The third-order valence-corrected chi connectivity index (χ3v) is 9.13. The van der Waals surface area contributed by atoms with Crippen LogP contribution in [0.3, 0.4) is 0 Å². The number of nitrogens with one attached hydrogen (secondary N) is 2. The SMILES string of the molecule is [B]CCC1OC(n2ccc3c(=O)[nH]cnc32)C[C@@H]1CCC(C)OC1CC(n2cnc3c(=O)[nH]c(N)nc32)[C@H](CS)C1. The first kappa shape index (κ1) is 28.0. The van der Waals surface area contributed by atoms with Crippen LogP contribution in [-0.2, 0) is 9.47 Å². The van der Waals surface area contributed by atoms with Crippen LogP contribution in [0.15, 0.2) is 34.5 Å². The molecule has 6 rings (SSSR count). The third kappa shape index (κ3) is 5.44. The molecule has 2 aliphatic rings. The van der Waals surface area contributed by atoms with Crippen LogP contribution in [0.5, 0.6) is 0 Å². The molecule has 4 aromatic rings. The molecule has 1 saturated heterocycles. The maximum Gasteiger partial charge on any atom is 0.280 e. The van der Waals surface area contributed by atoms with Crippen molar-refractivity contribution in [1.82, 2.24) is 34.1 Å². The Morgan fingerprint density at radius 1 is 1.17 bits per heavy atom. The molecule has 5 heterocycles. The van der Waals surface area contributed by atoms with Crippen LogP contribution in [0, 0.1) is 11.8 Å². The highest BCUT2D eigenvalue weighted by molar-refractivity contribution is 7.80. The summed E-state index contributed by atoms with van der Waals surface area (Å²) in [5.41, 5.74) is 6.73. The third-order valence-electron chi connectivity index (χ3n) is 8.66. The first-order valence-corrected chi connectivity index (χ1v) is 14.9. The molecule has 1 aliphatic heterocycles. The summed E-state index contributed by atoms with van der Waals surface area (Å²) in [5, 5.41) is 0.557. The van der Waals surface area contributed by atoms with E-state index in [4.69, 9.17) is 23.1 Å². The van der Waals surface area contributed by atoms with Crippen molar-refractivity contribution in [1.29, 1.82) is 0 Å². The maximum atomic E-state index is 12.3. The van der Waals surface area contributed by atoms with Gasteiger partial charge < -0.3 is 29.3 Å². The molecule has 14 heteroatoms. The topological polar surface area (TPSA) is 159 Å². The van der Waals surface area contributed by atoms with Crippen molar-refractivity contribution in [3.63, 3.8) is 0 Å². The minimum absolute atomic E-state index is 0.0404. The number of nitrogens with two attached hydrogens (primary N) is 1. The quantitative estimate of drug-likeness (QED) is 0.165.